The molecule has 0 aromatic heterocycles. The second-order valence-corrected chi connectivity index (χ2v) is 10.1. The number of nitrogens with zero attached hydrogens (tertiary/aromatic N) is 1. The van der Waals surface area contributed by atoms with Gasteiger partial charge in [-0.25, -0.2) is 17.9 Å². The zero-order valence-electron chi connectivity index (χ0n) is 17.7. The highest BCUT2D eigenvalue weighted by atomic mass is 32.2. The zero-order valence-corrected chi connectivity index (χ0v) is 19.3. The number of rotatable bonds is 9. The van der Waals surface area contributed by atoms with E-state index in [1.807, 2.05) is 27.0 Å². The average molecular weight is 434 g/mol. The van der Waals surface area contributed by atoms with Crippen LogP contribution in [0.15, 0.2) is 16.5 Å². The Morgan fingerprint density at radius 3 is 2.36 bits per heavy atom. The van der Waals surface area contributed by atoms with Gasteiger partial charge >= 0.3 is 6.09 Å². The van der Waals surface area contributed by atoms with Crippen LogP contribution in [0.5, 0.6) is 0 Å². The number of sulfonamides is 1. The number of alkyl carbamates (subject to hydrolysis) is 1. The standard InChI is InChI=1S/C19H35N3O4S2/c1-7-20-28(24,25)15(5)12-14(4)21-18(27-6)16-8-10-17(11-9-16)22-19(23)26-13(2)3/h13-14,16-17,20H,5,7-12H2,1-4,6H3,(H,22,23). The summed E-state index contributed by atoms with van der Waals surface area (Å²) < 4.78 is 31.6. The Bertz CT molecular complexity index is 654. The van der Waals surface area contributed by atoms with Crippen molar-refractivity contribution in [3.05, 3.63) is 11.5 Å². The highest BCUT2D eigenvalue weighted by molar-refractivity contribution is 8.13. The quantitative estimate of drug-likeness (QED) is 0.427. The number of amides is 1. The van der Waals surface area contributed by atoms with E-state index in [2.05, 4.69) is 16.6 Å². The molecule has 1 aliphatic rings. The first-order valence-corrected chi connectivity index (χ1v) is 12.6. The molecule has 0 aromatic rings. The molecule has 28 heavy (non-hydrogen) atoms. The predicted molar refractivity (Wildman–Crippen MR) is 117 cm³/mol. The van der Waals surface area contributed by atoms with E-state index in [-0.39, 0.29) is 29.2 Å². The number of nitrogens with one attached hydrogen (secondary N) is 2. The number of ether oxygens (including phenoxy) is 1. The van der Waals surface area contributed by atoms with Crippen molar-refractivity contribution < 1.29 is 17.9 Å². The number of aliphatic imine (C=N–C) groups is 1. The van der Waals surface area contributed by atoms with Crippen LogP contribution < -0.4 is 10.0 Å². The molecule has 0 heterocycles. The lowest BCUT2D eigenvalue weighted by Gasteiger charge is -2.29. The van der Waals surface area contributed by atoms with E-state index in [1.54, 1.807) is 18.7 Å². The molecular weight excluding hydrogens is 398 g/mol. The maximum atomic E-state index is 12.0. The van der Waals surface area contributed by atoms with E-state index in [9.17, 15) is 13.2 Å². The van der Waals surface area contributed by atoms with Crippen molar-refractivity contribution in [1.82, 2.24) is 10.0 Å². The van der Waals surface area contributed by atoms with Gasteiger partial charge in [-0.1, -0.05) is 13.5 Å². The fraction of sp³-hybridized carbons (Fsp3) is 0.789. The van der Waals surface area contributed by atoms with Gasteiger partial charge in [-0.2, -0.15) is 0 Å². The minimum Gasteiger partial charge on any atom is -0.447 e. The van der Waals surface area contributed by atoms with Gasteiger partial charge in [-0.3, -0.25) is 4.99 Å². The van der Waals surface area contributed by atoms with Crippen LogP contribution in [0.4, 0.5) is 4.79 Å². The smallest absolute Gasteiger partial charge is 0.407 e. The number of carbonyl (C=O) groups excluding carboxylic acids is 1. The van der Waals surface area contributed by atoms with Crippen molar-refractivity contribution in [2.75, 3.05) is 12.8 Å². The molecule has 0 radical (unpaired) electrons. The van der Waals surface area contributed by atoms with Crippen LogP contribution >= 0.6 is 11.8 Å². The number of hydrogen-bond donors (Lipinski definition) is 2. The Balaban J connectivity index is 2.59. The van der Waals surface area contributed by atoms with Gasteiger partial charge in [0.15, 0.2) is 0 Å². The zero-order chi connectivity index (χ0) is 21.3. The molecule has 0 saturated heterocycles. The lowest BCUT2D eigenvalue weighted by Crippen LogP contribution is -2.39. The number of thioether (sulfide) groups is 1. The van der Waals surface area contributed by atoms with Gasteiger partial charge in [0.05, 0.1) is 22.1 Å². The van der Waals surface area contributed by atoms with Gasteiger partial charge in [0.1, 0.15) is 0 Å². The molecule has 0 aromatic carbocycles. The van der Waals surface area contributed by atoms with E-state index in [0.717, 1.165) is 30.7 Å². The van der Waals surface area contributed by atoms with Crippen LogP contribution in [-0.4, -0.2) is 50.5 Å². The first-order valence-electron chi connectivity index (χ1n) is 9.85. The molecule has 2 N–H and O–H groups in total. The second kappa shape index (κ2) is 11.8. The second-order valence-electron chi connectivity index (χ2n) is 7.41. The van der Waals surface area contributed by atoms with E-state index in [0.29, 0.717) is 18.9 Å². The van der Waals surface area contributed by atoms with Crippen molar-refractivity contribution in [2.45, 2.75) is 78.0 Å². The summed E-state index contributed by atoms with van der Waals surface area (Å²) in [4.78, 5) is 16.7. The Morgan fingerprint density at radius 2 is 1.86 bits per heavy atom. The Kier molecular flexibility index (Phi) is 10.5. The summed E-state index contributed by atoms with van der Waals surface area (Å²) in [5, 5.41) is 3.98. The topological polar surface area (TPSA) is 96.9 Å². The van der Waals surface area contributed by atoms with Crippen LogP contribution in [0.25, 0.3) is 0 Å². The third kappa shape index (κ3) is 8.53. The predicted octanol–water partition coefficient (Wildman–Crippen LogP) is 3.67. The maximum absolute atomic E-state index is 12.0. The normalized spacial score (nSPS) is 22.0. The van der Waals surface area contributed by atoms with Crippen LogP contribution in [0.1, 0.15) is 59.8 Å². The van der Waals surface area contributed by atoms with Crippen LogP contribution in [-0.2, 0) is 14.8 Å². The van der Waals surface area contributed by atoms with E-state index < -0.39 is 10.0 Å². The Hall–Kier alpha value is -1.06. The van der Waals surface area contributed by atoms with Crippen LogP contribution in [0.3, 0.4) is 0 Å². The minimum atomic E-state index is -3.47. The van der Waals surface area contributed by atoms with Gasteiger partial charge in [-0.15, -0.1) is 11.8 Å². The maximum Gasteiger partial charge on any atom is 0.407 e. The van der Waals surface area contributed by atoms with Gasteiger partial charge in [-0.05, 0) is 52.7 Å². The molecule has 1 saturated carbocycles. The lowest BCUT2D eigenvalue weighted by molar-refractivity contribution is 0.109. The summed E-state index contributed by atoms with van der Waals surface area (Å²) in [6.45, 7) is 11.4. The summed E-state index contributed by atoms with van der Waals surface area (Å²) in [6.07, 6.45) is 5.47. The lowest BCUT2D eigenvalue weighted by atomic mass is 9.86. The number of carbonyl (C=O) groups is 1. The van der Waals surface area contributed by atoms with Gasteiger partial charge in [0, 0.05) is 24.9 Å². The van der Waals surface area contributed by atoms with Crippen molar-refractivity contribution >= 4 is 32.9 Å². The van der Waals surface area contributed by atoms with Crippen molar-refractivity contribution in [3.63, 3.8) is 0 Å². The average Bonchev–Trinajstić information content (AvgIpc) is 2.59. The van der Waals surface area contributed by atoms with Gasteiger partial charge in [0.2, 0.25) is 10.0 Å². The summed E-state index contributed by atoms with van der Waals surface area (Å²) in [5.74, 6) is 0.343. The molecule has 1 fully saturated rings. The molecule has 0 aliphatic heterocycles. The molecule has 1 atom stereocenters. The van der Waals surface area contributed by atoms with Crippen molar-refractivity contribution in [3.8, 4) is 0 Å². The minimum absolute atomic E-state index is 0.126. The highest BCUT2D eigenvalue weighted by Crippen LogP contribution is 2.29. The fourth-order valence-electron chi connectivity index (χ4n) is 3.22. The molecule has 0 bridgehead atoms. The summed E-state index contributed by atoms with van der Waals surface area (Å²) in [6, 6.07) is -0.0201. The first kappa shape index (κ1) is 25.0. The Morgan fingerprint density at radius 1 is 1.25 bits per heavy atom. The summed E-state index contributed by atoms with van der Waals surface area (Å²) >= 11 is 1.62. The van der Waals surface area contributed by atoms with Crippen molar-refractivity contribution in [2.24, 2.45) is 10.9 Å². The van der Waals surface area contributed by atoms with Crippen LogP contribution in [0, 0.1) is 5.92 Å². The fourth-order valence-corrected chi connectivity index (χ4v) is 5.12. The molecule has 162 valence electrons. The van der Waals surface area contributed by atoms with Gasteiger partial charge in [0.25, 0.3) is 0 Å². The molecular formula is C19H35N3O4S2. The SMILES string of the molecule is C=C(CC(C)N=C(SC)C1CCC(NC(=O)OC(C)C)CC1)S(=O)(=O)NCC. The first-order chi connectivity index (χ1) is 13.1. The molecule has 1 aliphatic carbocycles. The summed E-state index contributed by atoms with van der Waals surface area (Å²) in [5.41, 5.74) is 0. The Labute approximate surface area is 174 Å². The van der Waals surface area contributed by atoms with E-state index >= 15 is 0 Å². The third-order valence-electron chi connectivity index (χ3n) is 4.54. The number of hydrogen-bond acceptors (Lipinski definition) is 6. The molecule has 0 spiro atoms. The molecule has 1 amide bonds. The van der Waals surface area contributed by atoms with Crippen LogP contribution in [0.2, 0.25) is 0 Å². The largest absolute Gasteiger partial charge is 0.447 e. The van der Waals surface area contributed by atoms with Gasteiger partial charge < -0.3 is 10.1 Å². The van der Waals surface area contributed by atoms with Crippen molar-refractivity contribution in [1.29, 1.82) is 0 Å². The third-order valence-corrected chi connectivity index (χ3v) is 6.99. The molecule has 1 unspecified atom stereocenters. The summed E-state index contributed by atoms with van der Waals surface area (Å²) in [7, 11) is -3.47. The van der Waals surface area contributed by atoms with E-state index in [1.165, 1.54) is 0 Å². The highest BCUT2D eigenvalue weighted by Gasteiger charge is 2.26. The monoisotopic (exact) mass is 433 g/mol. The molecule has 1 rings (SSSR count). The molecule has 9 heteroatoms. The van der Waals surface area contributed by atoms with E-state index in [4.69, 9.17) is 9.73 Å². The molecule has 7 nitrogen and oxygen atoms in total.